The van der Waals surface area contributed by atoms with Crippen LogP contribution in [0.4, 0.5) is 0 Å². The Balaban J connectivity index is 1.67. The number of benzene rings is 3. The van der Waals surface area contributed by atoms with Crippen molar-refractivity contribution in [2.75, 3.05) is 13.1 Å². The van der Waals surface area contributed by atoms with Crippen molar-refractivity contribution in [3.63, 3.8) is 0 Å². The molecule has 1 fully saturated rings. The summed E-state index contributed by atoms with van der Waals surface area (Å²) in [6, 6.07) is 22.3. The number of nitrogens with zero attached hydrogens (tertiary/aromatic N) is 1. The molecule has 3 aliphatic heterocycles. The second-order valence-electron chi connectivity index (χ2n) is 9.35. The molecule has 184 valence electrons. The second-order valence-corrected chi connectivity index (χ2v) is 9.35. The zero-order valence-corrected chi connectivity index (χ0v) is 20.2. The fourth-order valence-corrected chi connectivity index (χ4v) is 5.30. The minimum Gasteiger partial charge on any atom is -0.422 e. The van der Waals surface area contributed by atoms with E-state index in [0.29, 0.717) is 36.5 Å². The minimum absolute atomic E-state index is 0.0572. The van der Waals surface area contributed by atoms with Crippen molar-refractivity contribution in [3.05, 3.63) is 124 Å². The molecule has 0 amide bonds. The summed E-state index contributed by atoms with van der Waals surface area (Å²) in [5.74, 6) is -1.35. The maximum absolute atomic E-state index is 14.1. The van der Waals surface area contributed by atoms with Gasteiger partial charge < -0.3 is 20.1 Å². The van der Waals surface area contributed by atoms with Crippen LogP contribution in [0, 0.1) is 6.92 Å². The van der Waals surface area contributed by atoms with E-state index in [1.165, 1.54) is 0 Å². The summed E-state index contributed by atoms with van der Waals surface area (Å²) >= 11 is 0. The number of ketones is 2. The highest BCUT2D eigenvalue weighted by Gasteiger charge is 2.56. The van der Waals surface area contributed by atoms with E-state index in [9.17, 15) is 19.5 Å². The van der Waals surface area contributed by atoms with Gasteiger partial charge in [0, 0.05) is 29.8 Å². The van der Waals surface area contributed by atoms with Gasteiger partial charge in [0.05, 0.1) is 11.1 Å². The Labute approximate surface area is 213 Å². The van der Waals surface area contributed by atoms with Crippen LogP contribution in [-0.2, 0) is 10.5 Å². The highest BCUT2D eigenvalue weighted by atomic mass is 16.5. The third-order valence-corrected chi connectivity index (χ3v) is 7.08. The zero-order valence-electron chi connectivity index (χ0n) is 20.2. The maximum Gasteiger partial charge on any atom is 0.348 e. The molecule has 0 aliphatic carbocycles. The molecule has 7 nitrogen and oxygen atoms in total. The smallest absolute Gasteiger partial charge is 0.348 e. The van der Waals surface area contributed by atoms with Crippen LogP contribution in [-0.4, -0.2) is 40.6 Å². The van der Waals surface area contributed by atoms with Crippen LogP contribution in [0.2, 0.25) is 0 Å². The number of rotatable bonds is 3. The van der Waals surface area contributed by atoms with Gasteiger partial charge in [-0.3, -0.25) is 9.59 Å². The monoisotopic (exact) mass is 492 g/mol. The number of carbonyl (C=O) groups excluding carboxylic acids is 3. The van der Waals surface area contributed by atoms with Gasteiger partial charge in [0.25, 0.3) is 0 Å². The van der Waals surface area contributed by atoms with Crippen LogP contribution in [0.1, 0.15) is 38.3 Å². The number of carbonyl (C=O) groups is 3. The first-order valence-corrected chi connectivity index (χ1v) is 12.2. The van der Waals surface area contributed by atoms with Crippen molar-refractivity contribution in [1.29, 1.82) is 0 Å². The number of nitrogens with one attached hydrogen (secondary N) is 1. The minimum atomic E-state index is -1.95. The van der Waals surface area contributed by atoms with E-state index in [2.05, 4.69) is 5.32 Å². The number of fused-ring (bicyclic) bond motifs is 2. The second kappa shape index (κ2) is 8.57. The third kappa shape index (κ3) is 3.42. The number of hydrogen-bond donors (Lipinski definition) is 2. The van der Waals surface area contributed by atoms with Crippen LogP contribution in [0.25, 0.3) is 0 Å². The summed E-state index contributed by atoms with van der Waals surface area (Å²) in [6.45, 7) is 2.91. The molecular formula is C30H24N2O5. The van der Waals surface area contributed by atoms with Gasteiger partial charge in [0.1, 0.15) is 17.1 Å². The van der Waals surface area contributed by atoms with Crippen LogP contribution in [0.3, 0.4) is 0 Å². The largest absolute Gasteiger partial charge is 0.422 e. The van der Waals surface area contributed by atoms with Crippen LogP contribution in [0.15, 0.2) is 101 Å². The van der Waals surface area contributed by atoms with Gasteiger partial charge in [-0.2, -0.15) is 0 Å². The molecule has 1 atom stereocenters. The first-order valence-electron chi connectivity index (χ1n) is 12.2. The molecule has 2 N–H and O–H groups in total. The SMILES string of the molecule is Cc1ccc(C(=O)C2=C3NCCCN3C(O)(c3ccccc3)/C2=C2/C(=O)Oc3ccccc3C2=O)cc1. The molecular weight excluding hydrogens is 468 g/mol. The Kier molecular flexibility index (Phi) is 5.31. The van der Waals surface area contributed by atoms with Crippen LogP contribution >= 0.6 is 0 Å². The van der Waals surface area contributed by atoms with Gasteiger partial charge in [0.15, 0.2) is 11.5 Å². The summed E-state index contributed by atoms with van der Waals surface area (Å²) in [4.78, 5) is 43.1. The van der Waals surface area contributed by atoms with E-state index >= 15 is 0 Å². The lowest BCUT2D eigenvalue weighted by Crippen LogP contribution is -2.50. The Morgan fingerprint density at radius 2 is 1.68 bits per heavy atom. The van der Waals surface area contributed by atoms with Gasteiger partial charge in [-0.05, 0) is 25.5 Å². The summed E-state index contributed by atoms with van der Waals surface area (Å²) in [5, 5.41) is 15.8. The molecule has 1 unspecified atom stereocenters. The molecule has 6 rings (SSSR count). The van der Waals surface area contributed by atoms with Gasteiger partial charge in [-0.25, -0.2) is 4.79 Å². The molecule has 3 aliphatic rings. The fourth-order valence-electron chi connectivity index (χ4n) is 5.30. The molecule has 0 spiro atoms. The highest BCUT2D eigenvalue weighted by Crippen LogP contribution is 2.50. The summed E-state index contributed by atoms with van der Waals surface area (Å²) in [5.41, 5.74) is -0.254. The van der Waals surface area contributed by atoms with Crippen molar-refractivity contribution >= 4 is 17.5 Å². The predicted molar refractivity (Wildman–Crippen MR) is 136 cm³/mol. The number of esters is 1. The van der Waals surface area contributed by atoms with E-state index in [1.807, 2.05) is 25.1 Å². The van der Waals surface area contributed by atoms with Crippen LogP contribution < -0.4 is 10.1 Å². The fraction of sp³-hybridized carbons (Fsp3) is 0.167. The Morgan fingerprint density at radius 1 is 0.973 bits per heavy atom. The van der Waals surface area contributed by atoms with E-state index in [0.717, 1.165) is 5.56 Å². The van der Waals surface area contributed by atoms with Gasteiger partial charge in [-0.15, -0.1) is 0 Å². The van der Waals surface area contributed by atoms with E-state index in [1.54, 1.807) is 65.6 Å². The molecule has 7 heteroatoms. The first kappa shape index (κ1) is 22.9. The van der Waals surface area contributed by atoms with Crippen molar-refractivity contribution in [2.45, 2.75) is 19.1 Å². The van der Waals surface area contributed by atoms with Crippen molar-refractivity contribution in [3.8, 4) is 5.75 Å². The van der Waals surface area contributed by atoms with Crippen molar-refractivity contribution in [2.24, 2.45) is 0 Å². The Hall–Kier alpha value is -4.49. The van der Waals surface area contributed by atoms with E-state index in [4.69, 9.17) is 4.74 Å². The molecule has 3 heterocycles. The standard InChI is InChI=1S/C30H24N2O5/c1-18-12-14-19(15-13-18)26(33)23-25(24-27(34)21-10-5-6-11-22(21)37-29(24)35)30(36,20-8-3-2-4-9-20)32-17-7-16-31-28(23)32/h2-6,8-15,31,36H,7,16-17H2,1H3/b25-24+. The van der Waals surface area contributed by atoms with Crippen molar-refractivity contribution in [1.82, 2.24) is 10.2 Å². The van der Waals surface area contributed by atoms with Crippen molar-refractivity contribution < 1.29 is 24.2 Å². The normalized spacial score (nSPS) is 22.8. The summed E-state index contributed by atoms with van der Waals surface area (Å²) in [7, 11) is 0. The van der Waals surface area contributed by atoms with E-state index in [-0.39, 0.29) is 28.0 Å². The average molecular weight is 493 g/mol. The van der Waals surface area contributed by atoms with Gasteiger partial charge in [0.2, 0.25) is 5.78 Å². The van der Waals surface area contributed by atoms with E-state index < -0.39 is 23.3 Å². The van der Waals surface area contributed by atoms with Crippen LogP contribution in [0.5, 0.6) is 5.75 Å². The lowest BCUT2D eigenvalue weighted by atomic mass is 9.82. The highest BCUT2D eigenvalue weighted by molar-refractivity contribution is 6.30. The first-order chi connectivity index (χ1) is 17.9. The zero-order chi connectivity index (χ0) is 25.7. The number of para-hydroxylation sites is 1. The quantitative estimate of drug-likeness (QED) is 0.189. The number of hydrogen-bond acceptors (Lipinski definition) is 7. The molecule has 0 radical (unpaired) electrons. The number of aryl methyl sites for hydroxylation is 1. The molecule has 3 aromatic rings. The Bertz CT molecular complexity index is 1520. The molecule has 3 aromatic carbocycles. The molecule has 0 bridgehead atoms. The number of ether oxygens (including phenoxy) is 1. The third-order valence-electron chi connectivity index (χ3n) is 7.08. The summed E-state index contributed by atoms with van der Waals surface area (Å²) < 4.78 is 5.56. The number of aliphatic hydroxyl groups is 1. The summed E-state index contributed by atoms with van der Waals surface area (Å²) in [6.07, 6.45) is 0.689. The molecule has 37 heavy (non-hydrogen) atoms. The average Bonchev–Trinajstić information content (AvgIpc) is 3.19. The predicted octanol–water partition coefficient (Wildman–Crippen LogP) is 3.64. The van der Waals surface area contributed by atoms with Gasteiger partial charge in [-0.1, -0.05) is 72.3 Å². The lowest BCUT2D eigenvalue weighted by molar-refractivity contribution is -0.130. The maximum atomic E-state index is 14.1. The lowest BCUT2D eigenvalue weighted by Gasteiger charge is -2.41. The molecule has 0 saturated carbocycles. The topological polar surface area (TPSA) is 95.9 Å². The number of Topliss-reactive ketones (excluding diaryl/α,β-unsaturated/α-hetero) is 2. The van der Waals surface area contributed by atoms with Gasteiger partial charge >= 0.3 is 5.97 Å². The molecule has 0 aromatic heterocycles. The molecule has 1 saturated heterocycles. The Morgan fingerprint density at radius 3 is 2.43 bits per heavy atom.